The number of nitrogens with zero attached hydrogens (tertiary/aromatic N) is 4. The molecule has 0 atom stereocenters. The van der Waals surface area contributed by atoms with Crippen molar-refractivity contribution in [3.63, 3.8) is 0 Å². The van der Waals surface area contributed by atoms with Crippen LogP contribution in [-0.4, -0.2) is 49.2 Å². The minimum atomic E-state index is -5.08. The fourth-order valence-corrected chi connectivity index (χ4v) is 1.88. The lowest BCUT2D eigenvalue weighted by atomic mass is 10.1. The molecule has 0 spiro atoms. The van der Waals surface area contributed by atoms with Gasteiger partial charge in [-0.1, -0.05) is 5.16 Å². The molecular formula is C16H19F3N4O4. The number of aromatic nitrogens is 3. The molecule has 1 N–H and O–H groups in total. The molecule has 11 heteroatoms. The number of pyridine rings is 1. The van der Waals surface area contributed by atoms with Crippen molar-refractivity contribution in [2.45, 2.75) is 46.5 Å². The third-order valence-corrected chi connectivity index (χ3v) is 3.13. The van der Waals surface area contributed by atoms with Gasteiger partial charge in [0.2, 0.25) is 5.89 Å². The van der Waals surface area contributed by atoms with Crippen molar-refractivity contribution < 1.29 is 32.4 Å². The summed E-state index contributed by atoms with van der Waals surface area (Å²) < 4.78 is 36.7. The Morgan fingerprint density at radius 3 is 2.26 bits per heavy atom. The minimum Gasteiger partial charge on any atom is -0.475 e. The van der Waals surface area contributed by atoms with E-state index in [1.54, 1.807) is 24.2 Å². The minimum absolute atomic E-state index is 0.0295. The van der Waals surface area contributed by atoms with Crippen molar-refractivity contribution in [1.82, 2.24) is 20.0 Å². The van der Waals surface area contributed by atoms with Crippen molar-refractivity contribution in [3.8, 4) is 0 Å². The molecule has 0 fully saturated rings. The number of carboxylic acids is 1. The van der Waals surface area contributed by atoms with Crippen LogP contribution < -0.4 is 0 Å². The number of alkyl halides is 3. The van der Waals surface area contributed by atoms with Crippen LogP contribution >= 0.6 is 0 Å². The van der Waals surface area contributed by atoms with Crippen LogP contribution in [0.15, 0.2) is 23.0 Å². The maximum atomic E-state index is 12.5. The third kappa shape index (κ3) is 7.04. The zero-order chi connectivity index (χ0) is 20.8. The van der Waals surface area contributed by atoms with Crippen LogP contribution in [-0.2, 0) is 11.3 Å². The van der Waals surface area contributed by atoms with Crippen LogP contribution in [0.4, 0.5) is 13.2 Å². The number of carbonyl (C=O) groups excluding carboxylic acids is 1. The maximum Gasteiger partial charge on any atom is 0.490 e. The van der Waals surface area contributed by atoms with E-state index in [-0.39, 0.29) is 11.9 Å². The quantitative estimate of drug-likeness (QED) is 0.858. The van der Waals surface area contributed by atoms with Crippen LogP contribution in [0.3, 0.4) is 0 Å². The molecular weight excluding hydrogens is 369 g/mol. The molecule has 0 aliphatic carbocycles. The highest BCUT2D eigenvalue weighted by atomic mass is 19.4. The van der Waals surface area contributed by atoms with Gasteiger partial charge >= 0.3 is 12.1 Å². The Morgan fingerprint density at radius 2 is 1.85 bits per heavy atom. The third-order valence-electron chi connectivity index (χ3n) is 3.13. The van der Waals surface area contributed by atoms with Crippen molar-refractivity contribution in [2.24, 2.45) is 0 Å². The molecule has 0 aromatic carbocycles. The Labute approximate surface area is 153 Å². The number of aliphatic carboxylic acids is 1. The predicted octanol–water partition coefficient (Wildman–Crippen LogP) is 2.77. The average Bonchev–Trinajstić information content (AvgIpc) is 2.96. The Kier molecular flexibility index (Phi) is 7.44. The largest absolute Gasteiger partial charge is 0.490 e. The van der Waals surface area contributed by atoms with E-state index in [9.17, 15) is 18.0 Å². The molecule has 0 bridgehead atoms. The molecule has 0 radical (unpaired) electrons. The summed E-state index contributed by atoms with van der Waals surface area (Å²) in [6, 6.07) is 1.86. The van der Waals surface area contributed by atoms with E-state index >= 15 is 0 Å². The Bertz CT molecular complexity index is 790. The lowest BCUT2D eigenvalue weighted by Gasteiger charge is -2.25. The van der Waals surface area contributed by atoms with Gasteiger partial charge in [-0.25, -0.2) is 4.79 Å². The lowest BCUT2D eigenvalue weighted by molar-refractivity contribution is -0.192. The van der Waals surface area contributed by atoms with Gasteiger partial charge in [0.25, 0.3) is 5.91 Å². The highest BCUT2D eigenvalue weighted by Crippen LogP contribution is 2.13. The van der Waals surface area contributed by atoms with Gasteiger partial charge in [-0.05, 0) is 32.4 Å². The Morgan fingerprint density at radius 1 is 1.26 bits per heavy atom. The second-order valence-corrected chi connectivity index (χ2v) is 5.81. The summed E-state index contributed by atoms with van der Waals surface area (Å²) in [6.07, 6.45) is -1.79. The monoisotopic (exact) mass is 388 g/mol. The number of aryl methyl sites for hydroxylation is 2. The fraction of sp³-hybridized carbons (Fsp3) is 0.438. The first-order valence-electron chi connectivity index (χ1n) is 7.73. The molecule has 8 nitrogen and oxygen atoms in total. The summed E-state index contributed by atoms with van der Waals surface area (Å²) in [4.78, 5) is 31.3. The smallest absolute Gasteiger partial charge is 0.475 e. The molecule has 0 saturated carbocycles. The second-order valence-electron chi connectivity index (χ2n) is 5.81. The number of carbonyl (C=O) groups is 2. The number of hydrogen-bond acceptors (Lipinski definition) is 6. The van der Waals surface area contributed by atoms with Gasteiger partial charge < -0.3 is 14.5 Å². The van der Waals surface area contributed by atoms with E-state index < -0.39 is 12.1 Å². The highest BCUT2D eigenvalue weighted by molar-refractivity contribution is 5.94. The number of rotatable bonds is 4. The Balaban J connectivity index is 0.000000445. The van der Waals surface area contributed by atoms with E-state index in [1.165, 1.54) is 0 Å². The standard InChI is InChI=1S/C14H18N4O2.C2HF3O2/c1-9(2)18(8-13-16-11(4)20-17-13)14(19)12-5-10(3)6-15-7-12;3-2(4,5)1(6)7/h5-7,9H,8H2,1-4H3;(H,6,7). The van der Waals surface area contributed by atoms with E-state index in [1.807, 2.05) is 26.8 Å². The summed E-state index contributed by atoms with van der Waals surface area (Å²) in [6.45, 7) is 7.86. The van der Waals surface area contributed by atoms with Gasteiger partial charge in [-0.15, -0.1) is 0 Å². The van der Waals surface area contributed by atoms with Crippen molar-refractivity contribution in [1.29, 1.82) is 0 Å². The van der Waals surface area contributed by atoms with Gasteiger partial charge in [0, 0.05) is 25.4 Å². The van der Waals surface area contributed by atoms with Crippen LogP contribution in [0.1, 0.15) is 41.5 Å². The molecule has 0 unspecified atom stereocenters. The zero-order valence-corrected chi connectivity index (χ0v) is 15.1. The molecule has 2 heterocycles. The first-order valence-corrected chi connectivity index (χ1v) is 7.73. The zero-order valence-electron chi connectivity index (χ0n) is 15.1. The second kappa shape index (κ2) is 9.10. The molecule has 0 aliphatic heterocycles. The number of hydrogen-bond donors (Lipinski definition) is 1. The predicted molar refractivity (Wildman–Crippen MR) is 86.7 cm³/mol. The van der Waals surface area contributed by atoms with Crippen molar-refractivity contribution in [3.05, 3.63) is 41.3 Å². The first-order chi connectivity index (χ1) is 12.4. The SMILES string of the molecule is Cc1cncc(C(=O)N(Cc2noc(C)n2)C(C)C)c1.O=C(O)C(F)(F)F. The summed E-state index contributed by atoms with van der Waals surface area (Å²) in [5, 5.41) is 11.0. The van der Waals surface area contributed by atoms with Crippen molar-refractivity contribution >= 4 is 11.9 Å². The molecule has 1 amide bonds. The number of amides is 1. The molecule has 2 rings (SSSR count). The lowest BCUT2D eigenvalue weighted by Crippen LogP contribution is -2.36. The van der Waals surface area contributed by atoms with Gasteiger partial charge in [-0.3, -0.25) is 9.78 Å². The van der Waals surface area contributed by atoms with E-state index in [4.69, 9.17) is 14.4 Å². The summed E-state index contributed by atoms with van der Waals surface area (Å²) in [5.41, 5.74) is 1.52. The fourth-order valence-electron chi connectivity index (χ4n) is 1.88. The molecule has 2 aromatic heterocycles. The normalized spacial score (nSPS) is 11.0. The van der Waals surface area contributed by atoms with Gasteiger partial charge in [0.05, 0.1) is 12.1 Å². The molecule has 0 aliphatic rings. The summed E-state index contributed by atoms with van der Waals surface area (Å²) >= 11 is 0. The molecule has 27 heavy (non-hydrogen) atoms. The summed E-state index contributed by atoms with van der Waals surface area (Å²) in [5.74, 6) is -1.84. The van der Waals surface area contributed by atoms with Crippen LogP contribution in [0, 0.1) is 13.8 Å². The van der Waals surface area contributed by atoms with Crippen LogP contribution in [0.2, 0.25) is 0 Å². The van der Waals surface area contributed by atoms with Gasteiger partial charge in [0.15, 0.2) is 5.82 Å². The van der Waals surface area contributed by atoms with Gasteiger partial charge in [0.1, 0.15) is 0 Å². The van der Waals surface area contributed by atoms with E-state index in [2.05, 4.69) is 15.1 Å². The molecule has 0 saturated heterocycles. The Hall–Kier alpha value is -2.98. The molecule has 148 valence electrons. The van der Waals surface area contributed by atoms with E-state index in [0.717, 1.165) is 5.56 Å². The van der Waals surface area contributed by atoms with Crippen LogP contribution in [0.5, 0.6) is 0 Å². The maximum absolute atomic E-state index is 12.5. The summed E-state index contributed by atoms with van der Waals surface area (Å²) in [7, 11) is 0. The number of halogens is 3. The number of carboxylic acid groups (broad SMARTS) is 1. The van der Waals surface area contributed by atoms with Crippen LogP contribution in [0.25, 0.3) is 0 Å². The topological polar surface area (TPSA) is 109 Å². The van der Waals surface area contributed by atoms with Gasteiger partial charge in [-0.2, -0.15) is 18.2 Å². The molecule has 2 aromatic rings. The van der Waals surface area contributed by atoms with Crippen molar-refractivity contribution in [2.75, 3.05) is 0 Å². The average molecular weight is 388 g/mol. The highest BCUT2D eigenvalue weighted by Gasteiger charge is 2.38. The van der Waals surface area contributed by atoms with E-state index in [0.29, 0.717) is 23.8 Å². The first kappa shape index (κ1) is 22.1.